The second-order valence-electron chi connectivity index (χ2n) is 5.59. The zero-order chi connectivity index (χ0) is 12.7. The molecule has 1 aromatic rings. The summed E-state index contributed by atoms with van der Waals surface area (Å²) in [5.41, 5.74) is 1.19. The molecule has 2 N–H and O–H groups in total. The summed E-state index contributed by atoms with van der Waals surface area (Å²) in [5.74, 6) is 0.627. The zero-order valence-electron chi connectivity index (χ0n) is 10.6. The summed E-state index contributed by atoms with van der Waals surface area (Å²) >= 11 is 0. The van der Waals surface area contributed by atoms with Gasteiger partial charge in [-0.3, -0.25) is 4.79 Å². The SMILES string of the molecule is CN1CCC(c2cnc(C3CC3C(=O)O)[nH]2)CC1. The first kappa shape index (κ1) is 11.7. The molecule has 1 aliphatic heterocycles. The normalized spacial score (nSPS) is 29.4. The molecule has 0 spiro atoms. The number of carboxylic acid groups (broad SMARTS) is 1. The van der Waals surface area contributed by atoms with Gasteiger partial charge in [-0.25, -0.2) is 4.98 Å². The van der Waals surface area contributed by atoms with E-state index in [1.54, 1.807) is 0 Å². The number of hydrogen-bond donors (Lipinski definition) is 2. The number of aliphatic carboxylic acids is 1. The van der Waals surface area contributed by atoms with Gasteiger partial charge in [0.1, 0.15) is 5.82 Å². The molecule has 1 saturated heterocycles. The minimum absolute atomic E-state index is 0.113. The smallest absolute Gasteiger partial charge is 0.307 e. The average Bonchev–Trinajstić information content (AvgIpc) is 3.02. The lowest BCUT2D eigenvalue weighted by atomic mass is 9.94. The first-order chi connectivity index (χ1) is 8.65. The molecule has 1 saturated carbocycles. The Morgan fingerprint density at radius 2 is 2.22 bits per heavy atom. The number of carboxylic acids is 1. The standard InChI is InChI=1S/C13H19N3O2/c1-16-4-2-8(3-5-16)11-7-14-12(15-11)9-6-10(9)13(17)18/h7-10H,2-6H2,1H3,(H,14,15)(H,17,18). The predicted octanol–water partition coefficient (Wildman–Crippen LogP) is 1.41. The highest BCUT2D eigenvalue weighted by atomic mass is 16.4. The van der Waals surface area contributed by atoms with E-state index in [-0.39, 0.29) is 11.8 Å². The molecule has 2 heterocycles. The Morgan fingerprint density at radius 3 is 2.83 bits per heavy atom. The van der Waals surface area contributed by atoms with Gasteiger partial charge in [-0.15, -0.1) is 0 Å². The van der Waals surface area contributed by atoms with Crippen molar-refractivity contribution in [2.45, 2.75) is 31.1 Å². The highest BCUT2D eigenvalue weighted by Gasteiger charge is 2.46. The van der Waals surface area contributed by atoms with Gasteiger partial charge in [0.15, 0.2) is 0 Å². The number of piperidine rings is 1. The lowest BCUT2D eigenvalue weighted by Crippen LogP contribution is -2.29. The maximum absolute atomic E-state index is 10.8. The molecule has 0 aromatic carbocycles. The number of aromatic amines is 1. The van der Waals surface area contributed by atoms with Crippen LogP contribution in [0.4, 0.5) is 0 Å². The van der Waals surface area contributed by atoms with Crippen molar-refractivity contribution in [1.82, 2.24) is 14.9 Å². The molecular weight excluding hydrogens is 230 g/mol. The molecule has 3 rings (SSSR count). The molecule has 98 valence electrons. The van der Waals surface area contributed by atoms with Crippen LogP contribution in [0.25, 0.3) is 0 Å². The highest BCUT2D eigenvalue weighted by Crippen LogP contribution is 2.46. The van der Waals surface area contributed by atoms with E-state index in [0.29, 0.717) is 5.92 Å². The largest absolute Gasteiger partial charge is 0.481 e. The second kappa shape index (κ2) is 4.39. The van der Waals surface area contributed by atoms with Crippen molar-refractivity contribution in [3.05, 3.63) is 17.7 Å². The van der Waals surface area contributed by atoms with Crippen LogP contribution in [-0.4, -0.2) is 46.1 Å². The topological polar surface area (TPSA) is 69.2 Å². The van der Waals surface area contributed by atoms with E-state index in [4.69, 9.17) is 5.11 Å². The average molecular weight is 249 g/mol. The van der Waals surface area contributed by atoms with Crippen LogP contribution in [0.3, 0.4) is 0 Å². The second-order valence-corrected chi connectivity index (χ2v) is 5.59. The molecule has 5 nitrogen and oxygen atoms in total. The maximum atomic E-state index is 10.8. The van der Waals surface area contributed by atoms with E-state index in [2.05, 4.69) is 21.9 Å². The number of H-pyrrole nitrogens is 1. The van der Waals surface area contributed by atoms with E-state index in [0.717, 1.165) is 38.2 Å². The Balaban J connectivity index is 1.65. The van der Waals surface area contributed by atoms with Gasteiger partial charge in [0.25, 0.3) is 0 Å². The van der Waals surface area contributed by atoms with Crippen LogP contribution < -0.4 is 0 Å². The summed E-state index contributed by atoms with van der Waals surface area (Å²) < 4.78 is 0. The first-order valence-electron chi connectivity index (χ1n) is 6.61. The molecule has 0 radical (unpaired) electrons. The van der Waals surface area contributed by atoms with Crippen molar-refractivity contribution >= 4 is 5.97 Å². The van der Waals surface area contributed by atoms with E-state index < -0.39 is 5.97 Å². The Bertz CT molecular complexity index is 449. The molecule has 2 fully saturated rings. The summed E-state index contributed by atoms with van der Waals surface area (Å²) in [7, 11) is 2.15. The van der Waals surface area contributed by atoms with Crippen LogP contribution in [0.5, 0.6) is 0 Å². The van der Waals surface area contributed by atoms with Crippen LogP contribution in [0.15, 0.2) is 6.20 Å². The van der Waals surface area contributed by atoms with Gasteiger partial charge in [-0.05, 0) is 39.4 Å². The third-order valence-corrected chi connectivity index (χ3v) is 4.23. The molecule has 0 bridgehead atoms. The van der Waals surface area contributed by atoms with Crippen molar-refractivity contribution < 1.29 is 9.90 Å². The molecule has 2 unspecified atom stereocenters. The van der Waals surface area contributed by atoms with Crippen molar-refractivity contribution in [3.63, 3.8) is 0 Å². The fourth-order valence-electron chi connectivity index (χ4n) is 2.84. The fourth-order valence-corrected chi connectivity index (χ4v) is 2.84. The third-order valence-electron chi connectivity index (χ3n) is 4.23. The van der Waals surface area contributed by atoms with Crippen LogP contribution >= 0.6 is 0 Å². The van der Waals surface area contributed by atoms with Gasteiger partial charge in [0.05, 0.1) is 5.92 Å². The number of carbonyl (C=O) groups is 1. The van der Waals surface area contributed by atoms with Crippen LogP contribution in [0.2, 0.25) is 0 Å². The zero-order valence-corrected chi connectivity index (χ0v) is 10.6. The van der Waals surface area contributed by atoms with E-state index in [1.165, 1.54) is 5.69 Å². The molecule has 0 amide bonds. The number of hydrogen-bond acceptors (Lipinski definition) is 3. The van der Waals surface area contributed by atoms with Gasteiger partial charge in [0.2, 0.25) is 0 Å². The third kappa shape index (κ3) is 2.14. The lowest BCUT2D eigenvalue weighted by Gasteiger charge is -2.28. The van der Waals surface area contributed by atoms with E-state index in [1.807, 2.05) is 6.20 Å². The number of nitrogens with one attached hydrogen (secondary N) is 1. The molecule has 2 atom stereocenters. The van der Waals surface area contributed by atoms with Gasteiger partial charge in [-0.2, -0.15) is 0 Å². The Labute approximate surface area is 106 Å². The summed E-state index contributed by atoms with van der Waals surface area (Å²) in [6, 6.07) is 0. The van der Waals surface area contributed by atoms with Crippen LogP contribution in [-0.2, 0) is 4.79 Å². The molecule has 1 aromatic heterocycles. The van der Waals surface area contributed by atoms with Crippen molar-refractivity contribution in [1.29, 1.82) is 0 Å². The van der Waals surface area contributed by atoms with E-state index >= 15 is 0 Å². The fraction of sp³-hybridized carbons (Fsp3) is 0.692. The summed E-state index contributed by atoms with van der Waals surface area (Å²) in [5, 5.41) is 8.92. The summed E-state index contributed by atoms with van der Waals surface area (Å²) in [6.07, 6.45) is 4.95. The molecule has 5 heteroatoms. The van der Waals surface area contributed by atoms with Gasteiger partial charge >= 0.3 is 5.97 Å². The van der Waals surface area contributed by atoms with Crippen LogP contribution in [0.1, 0.15) is 42.6 Å². The van der Waals surface area contributed by atoms with Gasteiger partial charge in [0, 0.05) is 23.7 Å². The number of aromatic nitrogens is 2. The Hall–Kier alpha value is -1.36. The van der Waals surface area contributed by atoms with Gasteiger partial charge in [-0.1, -0.05) is 0 Å². The lowest BCUT2D eigenvalue weighted by molar-refractivity contribution is -0.138. The Morgan fingerprint density at radius 1 is 1.50 bits per heavy atom. The van der Waals surface area contributed by atoms with Crippen LogP contribution in [0, 0.1) is 5.92 Å². The number of nitrogens with zero attached hydrogens (tertiary/aromatic N) is 2. The number of likely N-dealkylation sites (tertiary alicyclic amines) is 1. The Kier molecular flexibility index (Phi) is 2.86. The summed E-state index contributed by atoms with van der Waals surface area (Å²) in [6.45, 7) is 2.25. The van der Waals surface area contributed by atoms with E-state index in [9.17, 15) is 4.79 Å². The molecule has 1 aliphatic carbocycles. The molecular formula is C13H19N3O2. The monoisotopic (exact) mass is 249 g/mol. The minimum Gasteiger partial charge on any atom is -0.481 e. The number of rotatable bonds is 3. The minimum atomic E-state index is -0.697. The predicted molar refractivity (Wildman–Crippen MR) is 66.5 cm³/mol. The van der Waals surface area contributed by atoms with Crippen molar-refractivity contribution in [2.75, 3.05) is 20.1 Å². The summed E-state index contributed by atoms with van der Waals surface area (Å²) in [4.78, 5) is 20.9. The first-order valence-corrected chi connectivity index (χ1v) is 6.61. The highest BCUT2D eigenvalue weighted by molar-refractivity contribution is 5.74. The van der Waals surface area contributed by atoms with Gasteiger partial charge < -0.3 is 15.0 Å². The molecule has 18 heavy (non-hydrogen) atoms. The van der Waals surface area contributed by atoms with Crippen molar-refractivity contribution in [2.24, 2.45) is 5.92 Å². The maximum Gasteiger partial charge on any atom is 0.307 e. The quantitative estimate of drug-likeness (QED) is 0.849. The van der Waals surface area contributed by atoms with Crippen molar-refractivity contribution in [3.8, 4) is 0 Å². The molecule has 2 aliphatic rings. The number of imidazole rings is 1.